The van der Waals surface area contributed by atoms with Gasteiger partial charge in [0.25, 0.3) is 0 Å². The SMILES string of the molecule is COC1=C(c2ccc(OCc3ccccc3)cc2F)NN(C)C(C(=O)O)C1=O. The van der Waals surface area contributed by atoms with Crippen LogP contribution < -0.4 is 10.2 Å². The van der Waals surface area contributed by atoms with Gasteiger partial charge < -0.3 is 20.0 Å². The van der Waals surface area contributed by atoms with Crippen LogP contribution in [0.15, 0.2) is 54.3 Å². The van der Waals surface area contributed by atoms with E-state index in [9.17, 15) is 19.1 Å². The van der Waals surface area contributed by atoms with Gasteiger partial charge in [-0.3, -0.25) is 4.79 Å². The van der Waals surface area contributed by atoms with Crippen LogP contribution in [0.4, 0.5) is 4.39 Å². The fourth-order valence-electron chi connectivity index (χ4n) is 2.91. The van der Waals surface area contributed by atoms with Gasteiger partial charge in [-0.25, -0.2) is 14.2 Å². The number of carboxylic acid groups (broad SMARTS) is 1. The molecule has 0 fully saturated rings. The Morgan fingerprint density at radius 3 is 2.57 bits per heavy atom. The highest BCUT2D eigenvalue weighted by molar-refractivity contribution is 6.14. The molecular weight excluding hydrogens is 367 g/mol. The second kappa shape index (κ2) is 8.10. The summed E-state index contributed by atoms with van der Waals surface area (Å²) >= 11 is 0. The molecule has 0 radical (unpaired) electrons. The normalized spacial score (nSPS) is 17.2. The number of hydrazine groups is 1. The smallest absolute Gasteiger partial charge is 0.331 e. The van der Waals surface area contributed by atoms with Gasteiger partial charge in [-0.1, -0.05) is 30.3 Å². The molecule has 0 amide bonds. The number of hydrogen-bond donors (Lipinski definition) is 2. The van der Waals surface area contributed by atoms with Crippen molar-refractivity contribution in [2.45, 2.75) is 12.6 Å². The van der Waals surface area contributed by atoms with Gasteiger partial charge in [0, 0.05) is 18.7 Å². The van der Waals surface area contributed by atoms with Crippen molar-refractivity contribution in [1.82, 2.24) is 10.4 Å². The molecule has 7 nitrogen and oxygen atoms in total. The van der Waals surface area contributed by atoms with Crippen LogP contribution >= 0.6 is 0 Å². The zero-order valence-corrected chi connectivity index (χ0v) is 15.3. The number of hydrogen-bond acceptors (Lipinski definition) is 6. The quantitative estimate of drug-likeness (QED) is 0.736. The van der Waals surface area contributed by atoms with E-state index in [4.69, 9.17) is 9.47 Å². The van der Waals surface area contributed by atoms with Gasteiger partial charge in [-0.15, -0.1) is 0 Å². The van der Waals surface area contributed by atoms with Crippen LogP contribution in [-0.2, 0) is 20.9 Å². The minimum Gasteiger partial charge on any atom is -0.491 e. The molecule has 0 saturated carbocycles. The number of Topliss-reactive ketones (excluding diaryl/α,β-unsaturated/α-hetero) is 1. The van der Waals surface area contributed by atoms with Gasteiger partial charge in [-0.2, -0.15) is 0 Å². The number of nitrogens with zero attached hydrogens (tertiary/aromatic N) is 1. The van der Waals surface area contributed by atoms with E-state index in [1.54, 1.807) is 6.07 Å². The van der Waals surface area contributed by atoms with Gasteiger partial charge in [0.15, 0.2) is 11.8 Å². The summed E-state index contributed by atoms with van der Waals surface area (Å²) < 4.78 is 25.4. The molecule has 0 saturated heterocycles. The third-order valence-electron chi connectivity index (χ3n) is 4.27. The van der Waals surface area contributed by atoms with Crippen LogP contribution in [0.1, 0.15) is 11.1 Å². The van der Waals surface area contributed by atoms with Crippen LogP contribution in [-0.4, -0.2) is 42.1 Å². The van der Waals surface area contributed by atoms with Crippen molar-refractivity contribution in [3.8, 4) is 5.75 Å². The van der Waals surface area contributed by atoms with Crippen molar-refractivity contribution in [2.75, 3.05) is 14.2 Å². The fourth-order valence-corrected chi connectivity index (χ4v) is 2.91. The van der Waals surface area contributed by atoms with Gasteiger partial charge in [0.2, 0.25) is 5.78 Å². The van der Waals surface area contributed by atoms with Crippen molar-refractivity contribution in [3.63, 3.8) is 0 Å². The molecule has 1 atom stereocenters. The van der Waals surface area contributed by atoms with Crippen molar-refractivity contribution in [2.24, 2.45) is 0 Å². The molecule has 1 heterocycles. The van der Waals surface area contributed by atoms with Crippen LogP contribution in [0, 0.1) is 5.82 Å². The maximum Gasteiger partial charge on any atom is 0.331 e. The lowest BCUT2D eigenvalue weighted by atomic mass is 10.0. The van der Waals surface area contributed by atoms with E-state index in [1.165, 1.54) is 26.3 Å². The summed E-state index contributed by atoms with van der Waals surface area (Å²) in [5, 5.41) is 10.3. The Hall–Kier alpha value is -3.39. The zero-order chi connectivity index (χ0) is 20.3. The number of carboxylic acids is 1. The second-order valence-corrected chi connectivity index (χ2v) is 6.15. The number of carbonyl (C=O) groups is 2. The number of aliphatic carboxylic acids is 1. The molecule has 8 heteroatoms. The average molecular weight is 386 g/mol. The Kier molecular flexibility index (Phi) is 5.60. The topological polar surface area (TPSA) is 88.1 Å². The highest BCUT2D eigenvalue weighted by atomic mass is 19.1. The van der Waals surface area contributed by atoms with Crippen LogP contribution in [0.5, 0.6) is 5.75 Å². The number of benzene rings is 2. The predicted octanol–water partition coefficient (Wildman–Crippen LogP) is 2.19. The molecule has 146 valence electrons. The average Bonchev–Trinajstić information content (AvgIpc) is 2.66. The highest BCUT2D eigenvalue weighted by Gasteiger charge is 2.40. The summed E-state index contributed by atoms with van der Waals surface area (Å²) in [6.45, 7) is 0.283. The lowest BCUT2D eigenvalue weighted by Gasteiger charge is -2.32. The van der Waals surface area contributed by atoms with Crippen molar-refractivity contribution < 1.29 is 28.6 Å². The molecule has 0 bridgehead atoms. The molecule has 2 aromatic rings. The molecule has 0 aromatic heterocycles. The van der Waals surface area contributed by atoms with E-state index in [0.29, 0.717) is 5.75 Å². The Balaban J connectivity index is 1.87. The summed E-state index contributed by atoms with van der Waals surface area (Å²) in [6.07, 6.45) is 0. The van der Waals surface area contributed by atoms with E-state index in [2.05, 4.69) is 5.43 Å². The number of halogens is 1. The van der Waals surface area contributed by atoms with Crippen molar-refractivity contribution in [3.05, 3.63) is 71.2 Å². The first-order chi connectivity index (χ1) is 13.4. The Bertz CT molecular complexity index is 929. The van der Waals surface area contributed by atoms with Crippen LogP contribution in [0.25, 0.3) is 5.70 Å². The van der Waals surface area contributed by atoms with Crippen molar-refractivity contribution in [1.29, 1.82) is 0 Å². The number of ketones is 1. The number of likely N-dealkylation sites (N-methyl/N-ethyl adjacent to an activating group) is 1. The molecule has 2 aromatic carbocycles. The lowest BCUT2D eigenvalue weighted by Crippen LogP contribution is -2.55. The van der Waals surface area contributed by atoms with Gasteiger partial charge in [0.05, 0.1) is 7.11 Å². The van der Waals surface area contributed by atoms with Crippen LogP contribution in [0.2, 0.25) is 0 Å². The maximum atomic E-state index is 14.7. The number of nitrogens with one attached hydrogen (secondary N) is 1. The van der Waals surface area contributed by atoms with Gasteiger partial charge in [-0.05, 0) is 17.7 Å². The maximum absolute atomic E-state index is 14.7. The number of carbonyl (C=O) groups excluding carboxylic acids is 1. The Labute approximate surface area is 161 Å². The molecule has 1 unspecified atom stereocenters. The Morgan fingerprint density at radius 2 is 1.96 bits per heavy atom. The van der Waals surface area contributed by atoms with Gasteiger partial charge >= 0.3 is 5.97 Å². The third-order valence-corrected chi connectivity index (χ3v) is 4.27. The molecule has 3 rings (SSSR count). The van der Waals surface area contributed by atoms with E-state index >= 15 is 0 Å². The molecule has 2 N–H and O–H groups in total. The van der Waals surface area contributed by atoms with E-state index in [1.807, 2.05) is 30.3 Å². The number of rotatable bonds is 6. The largest absolute Gasteiger partial charge is 0.491 e. The summed E-state index contributed by atoms with van der Waals surface area (Å²) in [6, 6.07) is 12.2. The summed E-state index contributed by atoms with van der Waals surface area (Å²) in [7, 11) is 2.62. The number of methoxy groups -OCH3 is 1. The second-order valence-electron chi connectivity index (χ2n) is 6.15. The van der Waals surface area contributed by atoms with Gasteiger partial charge in [0.1, 0.15) is 23.9 Å². The first-order valence-electron chi connectivity index (χ1n) is 8.43. The Morgan fingerprint density at radius 1 is 1.25 bits per heavy atom. The number of ether oxygens (including phenoxy) is 2. The zero-order valence-electron chi connectivity index (χ0n) is 15.3. The highest BCUT2D eigenvalue weighted by Crippen LogP contribution is 2.28. The monoisotopic (exact) mass is 386 g/mol. The first kappa shape index (κ1) is 19.4. The first-order valence-corrected chi connectivity index (χ1v) is 8.43. The summed E-state index contributed by atoms with van der Waals surface area (Å²) in [5.74, 6) is -2.67. The predicted molar refractivity (Wildman–Crippen MR) is 98.4 cm³/mol. The molecule has 28 heavy (non-hydrogen) atoms. The molecular formula is C20H19FN2O5. The minimum atomic E-state index is -1.46. The molecule has 1 aliphatic rings. The van der Waals surface area contributed by atoms with E-state index in [-0.39, 0.29) is 23.6 Å². The van der Waals surface area contributed by atoms with Crippen molar-refractivity contribution >= 4 is 17.4 Å². The third kappa shape index (κ3) is 3.81. The van der Waals surface area contributed by atoms with E-state index in [0.717, 1.165) is 10.6 Å². The van der Waals surface area contributed by atoms with Crippen LogP contribution in [0.3, 0.4) is 0 Å². The fraction of sp³-hybridized carbons (Fsp3) is 0.200. The molecule has 0 aliphatic carbocycles. The standard InChI is InChI=1S/C20H19FN2O5/c1-23-17(20(25)26)18(24)19(27-2)16(22-23)14-9-8-13(10-15(14)21)28-11-12-6-4-3-5-7-12/h3-10,17,22H,11H2,1-2H3,(H,25,26). The summed E-state index contributed by atoms with van der Waals surface area (Å²) in [4.78, 5) is 23.7. The minimum absolute atomic E-state index is 0.0552. The van der Waals surface area contributed by atoms with E-state index < -0.39 is 23.6 Å². The molecule has 1 aliphatic heterocycles. The summed E-state index contributed by atoms with van der Waals surface area (Å²) in [5.41, 5.74) is 3.78. The molecule has 0 spiro atoms. The lowest BCUT2D eigenvalue weighted by molar-refractivity contribution is -0.149.